The first-order valence-electron chi connectivity index (χ1n) is 9.32. The number of ketones is 1. The molecule has 1 atom stereocenters. The van der Waals surface area contributed by atoms with Gasteiger partial charge in [0.1, 0.15) is 11.8 Å². The van der Waals surface area contributed by atoms with Crippen molar-refractivity contribution in [2.75, 3.05) is 19.8 Å². The molecule has 1 unspecified atom stereocenters. The van der Waals surface area contributed by atoms with E-state index in [2.05, 4.69) is 10.5 Å². The molecule has 2 rings (SSSR count). The Morgan fingerprint density at radius 2 is 1.61 bits per heavy atom. The van der Waals surface area contributed by atoms with Gasteiger partial charge in [-0.05, 0) is 43.3 Å². The second-order valence-electron chi connectivity index (χ2n) is 6.25. The Hall–Kier alpha value is -3.92. The second kappa shape index (κ2) is 11.3. The fraction of sp³-hybridized carbons (Fsp3) is 0.238. The zero-order valence-electron chi connectivity index (χ0n) is 16.8. The van der Waals surface area contributed by atoms with E-state index in [1.54, 1.807) is 6.92 Å². The number of amides is 1. The van der Waals surface area contributed by atoms with Gasteiger partial charge in [0.25, 0.3) is 5.91 Å². The zero-order chi connectivity index (χ0) is 22.8. The van der Waals surface area contributed by atoms with Crippen LogP contribution < -0.4 is 15.8 Å². The smallest absolute Gasteiger partial charge is 0.344 e. The SMILES string of the molecule is CCOC(=O)COc1ccc(C(=O)C(CO)NC(=O)c2ccc(/C(N)=N/O)cc2)cc1. The van der Waals surface area contributed by atoms with E-state index in [0.29, 0.717) is 11.3 Å². The second-order valence-corrected chi connectivity index (χ2v) is 6.25. The molecule has 0 aromatic heterocycles. The van der Waals surface area contributed by atoms with E-state index in [1.165, 1.54) is 48.5 Å². The lowest BCUT2D eigenvalue weighted by Crippen LogP contribution is -2.43. The van der Waals surface area contributed by atoms with Crippen LogP contribution >= 0.6 is 0 Å². The normalized spacial score (nSPS) is 12.0. The maximum absolute atomic E-state index is 12.6. The van der Waals surface area contributed by atoms with Gasteiger partial charge in [-0.15, -0.1) is 0 Å². The Balaban J connectivity index is 2.01. The highest BCUT2D eigenvalue weighted by atomic mass is 16.6. The molecule has 2 aromatic rings. The molecule has 31 heavy (non-hydrogen) atoms. The van der Waals surface area contributed by atoms with Crippen molar-refractivity contribution in [3.63, 3.8) is 0 Å². The summed E-state index contributed by atoms with van der Waals surface area (Å²) in [6, 6.07) is 10.6. The minimum Gasteiger partial charge on any atom is -0.482 e. The van der Waals surface area contributed by atoms with Crippen molar-refractivity contribution in [1.29, 1.82) is 0 Å². The van der Waals surface area contributed by atoms with Crippen LogP contribution in [0.4, 0.5) is 0 Å². The summed E-state index contributed by atoms with van der Waals surface area (Å²) in [4.78, 5) is 36.4. The average molecular weight is 429 g/mol. The number of rotatable bonds is 10. The van der Waals surface area contributed by atoms with E-state index in [-0.39, 0.29) is 30.2 Å². The number of aliphatic hydroxyl groups excluding tert-OH is 1. The molecule has 0 aliphatic rings. The lowest BCUT2D eigenvalue weighted by Gasteiger charge is -2.16. The van der Waals surface area contributed by atoms with Gasteiger partial charge in [0, 0.05) is 16.7 Å². The summed E-state index contributed by atoms with van der Waals surface area (Å²) in [7, 11) is 0. The van der Waals surface area contributed by atoms with Crippen LogP contribution in [0.2, 0.25) is 0 Å². The topological polar surface area (TPSA) is 161 Å². The van der Waals surface area contributed by atoms with Gasteiger partial charge in [0.2, 0.25) is 0 Å². The Morgan fingerprint density at radius 3 is 2.16 bits per heavy atom. The molecule has 2 aromatic carbocycles. The predicted octanol–water partition coefficient (Wildman–Crippen LogP) is 0.697. The lowest BCUT2D eigenvalue weighted by molar-refractivity contribution is -0.145. The summed E-state index contributed by atoms with van der Waals surface area (Å²) in [5.74, 6) is -1.33. The van der Waals surface area contributed by atoms with Crippen molar-refractivity contribution in [3.8, 4) is 5.75 Å². The van der Waals surface area contributed by atoms with E-state index in [9.17, 15) is 19.5 Å². The average Bonchev–Trinajstić information content (AvgIpc) is 2.80. The molecule has 10 heteroatoms. The number of benzene rings is 2. The number of nitrogens with two attached hydrogens (primary N) is 1. The molecule has 0 bridgehead atoms. The fourth-order valence-electron chi connectivity index (χ4n) is 2.55. The number of carbonyl (C=O) groups is 3. The van der Waals surface area contributed by atoms with Gasteiger partial charge in [-0.2, -0.15) is 0 Å². The third kappa shape index (κ3) is 6.54. The summed E-state index contributed by atoms with van der Waals surface area (Å²) in [5, 5.41) is 23.6. The third-order valence-corrected chi connectivity index (χ3v) is 4.16. The van der Waals surface area contributed by atoms with Crippen molar-refractivity contribution in [1.82, 2.24) is 5.32 Å². The van der Waals surface area contributed by atoms with Gasteiger partial charge in [0.05, 0.1) is 13.2 Å². The number of hydrogen-bond acceptors (Lipinski definition) is 8. The van der Waals surface area contributed by atoms with Crippen LogP contribution in [-0.4, -0.2) is 59.7 Å². The molecule has 0 saturated carbocycles. The third-order valence-electron chi connectivity index (χ3n) is 4.16. The minimum absolute atomic E-state index is 0.106. The van der Waals surface area contributed by atoms with E-state index in [1.807, 2.05) is 0 Å². The van der Waals surface area contributed by atoms with Gasteiger partial charge in [-0.1, -0.05) is 17.3 Å². The number of esters is 1. The highest BCUT2D eigenvalue weighted by Gasteiger charge is 2.22. The van der Waals surface area contributed by atoms with E-state index in [4.69, 9.17) is 20.4 Å². The fourth-order valence-corrected chi connectivity index (χ4v) is 2.55. The van der Waals surface area contributed by atoms with Crippen LogP contribution in [0, 0.1) is 0 Å². The number of carbonyl (C=O) groups excluding carboxylic acids is 3. The Labute approximate surface area is 178 Å². The van der Waals surface area contributed by atoms with Gasteiger partial charge in [-0.3, -0.25) is 9.59 Å². The molecule has 164 valence electrons. The summed E-state index contributed by atoms with van der Waals surface area (Å²) in [6.45, 7) is 1.07. The van der Waals surface area contributed by atoms with E-state index in [0.717, 1.165) is 0 Å². The molecule has 0 saturated heterocycles. The van der Waals surface area contributed by atoms with E-state index < -0.39 is 30.3 Å². The van der Waals surface area contributed by atoms with Crippen LogP contribution in [-0.2, 0) is 9.53 Å². The van der Waals surface area contributed by atoms with Gasteiger partial charge in [-0.25, -0.2) is 4.79 Å². The zero-order valence-corrected chi connectivity index (χ0v) is 16.8. The maximum Gasteiger partial charge on any atom is 0.344 e. The van der Waals surface area contributed by atoms with Gasteiger partial charge in [0.15, 0.2) is 18.2 Å². The molecular formula is C21H23N3O7. The minimum atomic E-state index is -1.16. The first kappa shape index (κ1) is 23.4. The first-order chi connectivity index (χ1) is 14.9. The van der Waals surface area contributed by atoms with Gasteiger partial charge < -0.3 is 30.8 Å². The number of nitrogens with zero attached hydrogens (tertiary/aromatic N) is 1. The molecule has 5 N–H and O–H groups in total. The van der Waals surface area contributed by atoms with E-state index >= 15 is 0 Å². The number of Topliss-reactive ketones (excluding diaryl/α,β-unsaturated/α-hetero) is 1. The molecule has 0 spiro atoms. The van der Waals surface area contributed by atoms with Crippen molar-refractivity contribution in [2.45, 2.75) is 13.0 Å². The quantitative estimate of drug-likeness (QED) is 0.107. The predicted molar refractivity (Wildman–Crippen MR) is 110 cm³/mol. The number of oxime groups is 1. The summed E-state index contributed by atoms with van der Waals surface area (Å²) in [5.41, 5.74) is 6.36. The molecule has 0 fully saturated rings. The number of ether oxygens (including phenoxy) is 2. The Morgan fingerprint density at radius 1 is 1.03 bits per heavy atom. The number of hydrogen-bond donors (Lipinski definition) is 4. The number of aliphatic hydroxyl groups is 1. The maximum atomic E-state index is 12.6. The largest absolute Gasteiger partial charge is 0.482 e. The summed E-state index contributed by atoms with van der Waals surface area (Å²) < 4.78 is 10.0. The van der Waals surface area contributed by atoms with Gasteiger partial charge >= 0.3 is 5.97 Å². The molecular weight excluding hydrogens is 406 g/mol. The van der Waals surface area contributed by atoms with Crippen LogP contribution in [0.15, 0.2) is 53.7 Å². The Bertz CT molecular complexity index is 940. The molecule has 1 amide bonds. The molecule has 0 aliphatic heterocycles. The standard InChI is InChI=1S/C21H23N3O7/c1-2-30-18(26)12-31-16-9-7-13(8-10-16)19(27)17(11-25)23-21(28)15-5-3-14(4-6-15)20(22)24-29/h3-10,17,25,29H,2,11-12H2,1H3,(H2,22,24)(H,23,28). The first-order valence-corrected chi connectivity index (χ1v) is 9.32. The molecule has 0 aliphatic carbocycles. The lowest BCUT2D eigenvalue weighted by atomic mass is 10.0. The Kier molecular flexibility index (Phi) is 8.52. The van der Waals surface area contributed by atoms with Crippen LogP contribution in [0.1, 0.15) is 33.2 Å². The van der Waals surface area contributed by atoms with Crippen LogP contribution in [0.3, 0.4) is 0 Å². The van der Waals surface area contributed by atoms with Crippen LogP contribution in [0.5, 0.6) is 5.75 Å². The highest BCUT2D eigenvalue weighted by molar-refractivity contribution is 6.05. The molecule has 10 nitrogen and oxygen atoms in total. The van der Waals surface area contributed by atoms with Crippen LogP contribution in [0.25, 0.3) is 0 Å². The van der Waals surface area contributed by atoms with Crippen molar-refractivity contribution >= 4 is 23.5 Å². The molecule has 0 radical (unpaired) electrons. The highest BCUT2D eigenvalue weighted by Crippen LogP contribution is 2.14. The van der Waals surface area contributed by atoms with Crippen molar-refractivity contribution in [3.05, 3.63) is 65.2 Å². The number of nitrogens with one attached hydrogen (secondary N) is 1. The van der Waals surface area contributed by atoms with Crippen molar-refractivity contribution in [2.24, 2.45) is 10.9 Å². The molecule has 0 heterocycles. The summed E-state index contributed by atoms with van der Waals surface area (Å²) in [6.07, 6.45) is 0. The number of amidine groups is 1. The monoisotopic (exact) mass is 429 g/mol. The van der Waals surface area contributed by atoms with Crippen molar-refractivity contribution < 1.29 is 34.2 Å². The summed E-state index contributed by atoms with van der Waals surface area (Å²) >= 11 is 0.